The minimum atomic E-state index is -5.69. The van der Waals surface area contributed by atoms with Gasteiger partial charge < -0.3 is 96.1 Å². The number of phosphoric ester groups is 1. The second-order valence-electron chi connectivity index (χ2n) is 37.0. The Hall–Kier alpha value is -3.28. The van der Waals surface area contributed by atoms with Crippen molar-refractivity contribution in [3.05, 3.63) is 0 Å². The van der Waals surface area contributed by atoms with Crippen molar-refractivity contribution in [3.8, 4) is 0 Å². The van der Waals surface area contributed by atoms with Gasteiger partial charge in [-0.3, -0.25) is 37.9 Å². The van der Waals surface area contributed by atoms with E-state index in [4.69, 9.17) is 37.7 Å². The first kappa shape index (κ1) is 124. The van der Waals surface area contributed by atoms with Crippen molar-refractivity contribution in [2.75, 3.05) is 13.2 Å². The Bertz CT molecular complexity index is 2770. The van der Waals surface area contributed by atoms with Crippen LogP contribution in [0.3, 0.4) is 0 Å². The molecular weight excluding hydrogens is 1670 g/mol. The number of phosphoric acid groups is 1. The molecule has 16 N–H and O–H groups in total. The van der Waals surface area contributed by atoms with Gasteiger partial charge in [0.1, 0.15) is 48.7 Å². The van der Waals surface area contributed by atoms with Gasteiger partial charge >= 0.3 is 39.3 Å². The zero-order valence-corrected chi connectivity index (χ0v) is 83.2. The van der Waals surface area contributed by atoms with Crippen LogP contribution in [0, 0.1) is 5.92 Å². The molecule has 0 aromatic carbocycles. The normalized spacial score (nSPS) is 20.0. The van der Waals surface area contributed by atoms with Crippen molar-refractivity contribution in [2.45, 2.75) is 564 Å². The van der Waals surface area contributed by atoms with Crippen LogP contribution in [-0.4, -0.2) is 164 Å². The minimum absolute atomic E-state index is 0. The van der Waals surface area contributed by atoms with Crippen molar-refractivity contribution in [2.24, 2.45) is 5.92 Å². The monoisotopic (exact) mass is 1860 g/mol. The number of amides is 2. The maximum Gasteiger partial charge on any atom is 0.470 e. The number of carbonyl (C=O) groups is 6. The Morgan fingerprint density at radius 3 is 1.05 bits per heavy atom. The van der Waals surface area contributed by atoms with E-state index in [0.717, 1.165) is 263 Å². The third-order valence-corrected chi connectivity index (χ3v) is 26.2. The van der Waals surface area contributed by atoms with Gasteiger partial charge in [0.2, 0.25) is 11.8 Å². The molecule has 2 rings (SSSR count). The molecule has 14 atom stereocenters. The zero-order valence-electron chi connectivity index (χ0n) is 81.4. The lowest BCUT2D eigenvalue weighted by Gasteiger charge is -2.47. The third kappa shape index (κ3) is 65.1. The minimum Gasteiger partial charge on any atom is -0.852 e. The summed E-state index contributed by atoms with van der Waals surface area (Å²) in [6.45, 7) is 13.1. The Kier molecular flexibility index (Phi) is 78.0. The molecule has 2 aliphatic rings. The molecule has 0 aromatic heterocycles. The fourth-order valence-electron chi connectivity index (χ4n) is 17.1. The highest BCUT2D eigenvalue weighted by atomic mass is 31.2. The number of esters is 4. The molecule has 127 heavy (non-hydrogen) atoms. The molecular formula is C97H190N4O24P2. The number of aliphatic hydroxyl groups excluding tert-OH is 2. The number of unbranched alkanes of at least 4 members (excludes halogenated alkanes) is 50. The first-order valence-corrected chi connectivity index (χ1v) is 54.1. The Labute approximate surface area is 768 Å². The Morgan fingerprint density at radius 2 is 0.685 bits per heavy atom. The predicted octanol–water partition coefficient (Wildman–Crippen LogP) is 21.2. The van der Waals surface area contributed by atoms with Crippen molar-refractivity contribution in [1.82, 2.24) is 22.9 Å². The van der Waals surface area contributed by atoms with Crippen LogP contribution in [0.5, 0.6) is 0 Å². The van der Waals surface area contributed by atoms with Gasteiger partial charge in [0.15, 0.2) is 24.3 Å². The molecule has 2 aliphatic heterocycles. The second-order valence-corrected chi connectivity index (χ2v) is 39.9. The SMILES string of the molecule is CCCCCCCCCCCCCC(=O)O[C@H](CCCCCCCCCCC)CC(=O)O[C@@H]1[C@@H](NC(=O)C[C@@H](CCCCCCCCCCC)OC(=O)CCCCCCCCCCCC(C)C)[C@H](OC[C@H]2OC(P(=O)(O)O)[C@H](NC(=O)C[C@H]([O-])CCCCCCCCCCC)[C@@H](OC(=O)C[C@H]([O-])CCCCCCCCCCC)[C@@H]2O)O[C@H](CO)[C@H]1OP(=O)(O)O.[NH4+].[NH4+]. The van der Waals surface area contributed by atoms with Gasteiger partial charge in [0.05, 0.1) is 26.1 Å². The molecule has 2 heterocycles. The molecule has 2 fully saturated rings. The third-order valence-electron chi connectivity index (χ3n) is 24.6. The number of rotatable bonds is 85. The Balaban J connectivity index is 0.0000794. The maximum absolute atomic E-state index is 15.2. The summed E-state index contributed by atoms with van der Waals surface area (Å²) in [5.41, 5.74) is 0. The highest BCUT2D eigenvalue weighted by Gasteiger charge is 2.56. The summed E-state index contributed by atoms with van der Waals surface area (Å²) in [5, 5.41) is 56.0. The van der Waals surface area contributed by atoms with Gasteiger partial charge in [0, 0.05) is 25.7 Å². The van der Waals surface area contributed by atoms with Crippen LogP contribution in [0.4, 0.5) is 0 Å². The number of nitrogens with one attached hydrogen (secondary N) is 2. The van der Waals surface area contributed by atoms with E-state index < -0.39 is 175 Å². The summed E-state index contributed by atoms with van der Waals surface area (Å²) in [7, 11) is -11.4. The zero-order chi connectivity index (χ0) is 92.0. The summed E-state index contributed by atoms with van der Waals surface area (Å²) in [4.78, 5) is 130. The topological polar surface area (TPSA) is 475 Å². The number of quaternary nitrogens is 2. The summed E-state index contributed by atoms with van der Waals surface area (Å²) in [6, 6.07) is -4.00. The van der Waals surface area contributed by atoms with Crippen LogP contribution in [0.25, 0.3) is 0 Å². The molecule has 0 saturated carbocycles. The number of hydrogen-bond acceptors (Lipinski definition) is 20. The lowest BCUT2D eigenvalue weighted by atomic mass is 9.95. The van der Waals surface area contributed by atoms with E-state index in [1.165, 1.54) is 64.2 Å². The quantitative estimate of drug-likeness (QED) is 0.0117. The number of carbonyl (C=O) groups excluding carboxylic acids is 6. The van der Waals surface area contributed by atoms with Crippen LogP contribution in [0.1, 0.15) is 479 Å². The summed E-state index contributed by atoms with van der Waals surface area (Å²) >= 11 is 0. The van der Waals surface area contributed by atoms with Gasteiger partial charge in [-0.25, -0.2) is 4.57 Å². The second kappa shape index (κ2) is 80.0. The molecule has 2 amide bonds. The van der Waals surface area contributed by atoms with E-state index in [1.54, 1.807) is 0 Å². The summed E-state index contributed by atoms with van der Waals surface area (Å²) in [5.74, 6) is -7.00. The lowest BCUT2D eigenvalue weighted by Crippen LogP contribution is -2.68. The van der Waals surface area contributed by atoms with E-state index in [0.29, 0.717) is 44.4 Å². The molecule has 0 bridgehead atoms. The molecule has 28 nitrogen and oxygen atoms in total. The van der Waals surface area contributed by atoms with Gasteiger partial charge in [-0.05, 0) is 44.4 Å². The van der Waals surface area contributed by atoms with E-state index in [-0.39, 0.29) is 50.8 Å². The fraction of sp³-hybridized carbons (Fsp3) is 0.938. The number of ether oxygens (including phenoxy) is 7. The van der Waals surface area contributed by atoms with E-state index in [1.807, 2.05) is 0 Å². The largest absolute Gasteiger partial charge is 0.852 e. The molecule has 30 heteroatoms. The predicted molar refractivity (Wildman–Crippen MR) is 501 cm³/mol. The van der Waals surface area contributed by atoms with Crippen LogP contribution < -0.4 is 33.1 Å². The molecule has 1 unspecified atom stereocenters. The first-order valence-electron chi connectivity index (χ1n) is 50.9. The van der Waals surface area contributed by atoms with Crippen molar-refractivity contribution >= 4 is 51.1 Å². The first-order chi connectivity index (χ1) is 60.2. The van der Waals surface area contributed by atoms with Crippen molar-refractivity contribution in [1.29, 1.82) is 0 Å². The van der Waals surface area contributed by atoms with Crippen molar-refractivity contribution < 1.29 is 116 Å². The van der Waals surface area contributed by atoms with Gasteiger partial charge in [-0.2, -0.15) is 0 Å². The molecule has 0 aliphatic carbocycles. The molecule has 0 aromatic rings. The number of hydrogen-bond donors (Lipinski definition) is 10. The average molecular weight is 1860 g/mol. The molecule has 0 radical (unpaired) electrons. The highest BCUT2D eigenvalue weighted by Crippen LogP contribution is 2.49. The maximum atomic E-state index is 15.2. The van der Waals surface area contributed by atoms with Gasteiger partial charge in [0.25, 0.3) is 0 Å². The van der Waals surface area contributed by atoms with E-state index >= 15 is 9.59 Å². The van der Waals surface area contributed by atoms with Crippen LogP contribution in [-0.2, 0) is 75.6 Å². The smallest absolute Gasteiger partial charge is 0.470 e. The molecule has 752 valence electrons. The van der Waals surface area contributed by atoms with Crippen LogP contribution in [0.2, 0.25) is 0 Å². The van der Waals surface area contributed by atoms with E-state index in [2.05, 4.69) is 59.1 Å². The molecule has 2 saturated heterocycles. The highest BCUT2D eigenvalue weighted by molar-refractivity contribution is 7.52. The molecule has 0 spiro atoms. The summed E-state index contributed by atoms with van der Waals surface area (Å²) < 4.78 is 75.6. The van der Waals surface area contributed by atoms with Crippen molar-refractivity contribution in [3.63, 3.8) is 0 Å². The van der Waals surface area contributed by atoms with Gasteiger partial charge in [-0.15, -0.1) is 12.2 Å². The van der Waals surface area contributed by atoms with Crippen LogP contribution in [0.15, 0.2) is 0 Å². The van der Waals surface area contributed by atoms with E-state index in [9.17, 15) is 68.3 Å². The lowest BCUT2D eigenvalue weighted by molar-refractivity contribution is -0.421. The number of aliphatic hydroxyl groups is 2. The van der Waals surface area contributed by atoms with Crippen LogP contribution >= 0.6 is 15.4 Å². The average Bonchev–Trinajstić information content (AvgIpc) is 0.771. The van der Waals surface area contributed by atoms with Gasteiger partial charge in [-0.1, -0.05) is 402 Å². The summed E-state index contributed by atoms with van der Waals surface area (Å²) in [6.07, 6.45) is 35.9. The Morgan fingerprint density at radius 1 is 0.370 bits per heavy atom. The fourth-order valence-corrected chi connectivity index (χ4v) is 18.7. The standard InChI is InChI=1S/C97H182N2O24P2.2H3N/c1-8-13-18-23-28-33-34-41-48-56-63-70-87(106)118-81(68-61-54-47-39-32-27-22-17-12-5)74-89(108)122-95-90(98-85(104)73-80(67-60-53-46-38-31-26-21-16-11-4)117-86(105)69-62-55-49-42-35-40-43-50-57-64-77(6)7)96(119-82(75-100)93(95)123-125(113,114)115)116-76-83-92(109)94(121-88(107)72-79(102)66-59-52-45-37-30-25-20-15-10-3)91(97(120-83)124(110,111)112)99-84(103)71-78(101)65-58-51-44-36-29-24-19-14-9-2;;/h77-83,90-97,100,109H,8-76H2,1-7H3,(H,98,104)(H,99,103)(H2,110,111,112)(H2,113,114,115);2*1H3/q-2;;/p+2/t78-,79-,80-,81-,82-,83-,90-,91-,92-,93-,94-,95-,96-,97?;;/m1../s1.